The molecule has 0 saturated heterocycles. The molecule has 0 radical (unpaired) electrons. The molecule has 3 fully saturated rings. The van der Waals surface area contributed by atoms with Crippen molar-refractivity contribution in [2.45, 2.75) is 118 Å². The fourth-order valence-corrected chi connectivity index (χ4v) is 9.05. The van der Waals surface area contributed by atoms with Crippen molar-refractivity contribution in [1.29, 1.82) is 0 Å². The molecule has 0 amide bonds. The minimum atomic E-state index is -0.226. The number of ether oxygens (including phenoxy) is 2. The summed E-state index contributed by atoms with van der Waals surface area (Å²) in [5.74, 6) is 2.38. The molecule has 0 aromatic rings. The first-order chi connectivity index (χ1) is 16.9. The molecule has 4 aliphatic rings. The van der Waals surface area contributed by atoms with Gasteiger partial charge in [-0.2, -0.15) is 0 Å². The molecule has 3 saturated carbocycles. The molecule has 1 unspecified atom stereocenters. The van der Waals surface area contributed by atoms with Crippen LogP contribution < -0.4 is 0 Å². The number of ketones is 1. The van der Waals surface area contributed by atoms with E-state index >= 15 is 0 Å². The minimum absolute atomic E-state index is 0.0174. The summed E-state index contributed by atoms with van der Waals surface area (Å²) in [5.41, 5.74) is 1.47. The Morgan fingerprint density at radius 2 is 1.69 bits per heavy atom. The monoisotopic (exact) mass is 500 g/mol. The van der Waals surface area contributed by atoms with Crippen molar-refractivity contribution in [3.8, 4) is 0 Å². The molecule has 5 nitrogen and oxygen atoms in total. The predicted molar refractivity (Wildman–Crippen MR) is 140 cm³/mol. The number of carbonyl (C=O) groups excluding carboxylic acids is 3. The summed E-state index contributed by atoms with van der Waals surface area (Å²) in [5, 5.41) is 0. The van der Waals surface area contributed by atoms with Gasteiger partial charge in [0.2, 0.25) is 0 Å². The van der Waals surface area contributed by atoms with Crippen LogP contribution in [0.3, 0.4) is 0 Å². The van der Waals surface area contributed by atoms with Gasteiger partial charge in [-0.25, -0.2) is 0 Å². The second-order valence-electron chi connectivity index (χ2n) is 13.4. The molecule has 0 aromatic carbocycles. The highest BCUT2D eigenvalue weighted by atomic mass is 16.5. The van der Waals surface area contributed by atoms with Crippen LogP contribution in [0.2, 0.25) is 0 Å². The van der Waals surface area contributed by atoms with E-state index in [1.165, 1.54) is 32.3 Å². The Hall–Kier alpha value is -1.65. The summed E-state index contributed by atoms with van der Waals surface area (Å²) < 4.78 is 11.2. The number of rotatable bonds is 7. The van der Waals surface area contributed by atoms with Gasteiger partial charge in [-0.15, -0.1) is 0 Å². The number of allylic oxidation sites excluding steroid dienone is 1. The molecular formula is C31H48O5. The van der Waals surface area contributed by atoms with E-state index in [1.807, 2.05) is 6.08 Å². The number of fused-ring (bicyclic) bond motifs is 5. The first kappa shape index (κ1) is 27.4. The van der Waals surface area contributed by atoms with E-state index in [1.54, 1.807) is 0 Å². The summed E-state index contributed by atoms with van der Waals surface area (Å²) in [4.78, 5) is 36.8. The third kappa shape index (κ3) is 4.92. The van der Waals surface area contributed by atoms with Crippen LogP contribution in [0.5, 0.6) is 0 Å². The standard InChI is InChI=1S/C31H48O5/c1-18(2)28(36-21(5)33)11-8-19(3)24-9-10-25-29-26(13-15-31(24,25)7)30(6)14-12-23(35-20(4)32)16-22(30)17-27(29)34/h17-19,23-26,28-29H,8-16H2,1-7H3/t19-,23+,24-,25+,26+,28?,29+,30+,31-/m1/s1. The van der Waals surface area contributed by atoms with E-state index in [-0.39, 0.29) is 40.9 Å². The smallest absolute Gasteiger partial charge is 0.302 e. The van der Waals surface area contributed by atoms with Crippen LogP contribution in [0.15, 0.2) is 11.6 Å². The lowest BCUT2D eigenvalue weighted by atomic mass is 9.46. The molecule has 0 heterocycles. The van der Waals surface area contributed by atoms with E-state index in [2.05, 4.69) is 34.6 Å². The van der Waals surface area contributed by atoms with Crippen LogP contribution >= 0.6 is 0 Å². The second-order valence-corrected chi connectivity index (χ2v) is 13.4. The molecule has 0 bridgehead atoms. The maximum absolute atomic E-state index is 13.7. The first-order valence-corrected chi connectivity index (χ1v) is 14.5. The summed E-state index contributed by atoms with van der Waals surface area (Å²) in [6.07, 6.45) is 11.1. The fourth-order valence-electron chi connectivity index (χ4n) is 9.05. The van der Waals surface area contributed by atoms with Crippen molar-refractivity contribution < 1.29 is 23.9 Å². The SMILES string of the molecule is CC(=O)OC(CC[C@@H](C)[C@H]1CC[C@H]2[C@@H]3C(=O)C=C4C[C@@H](OC(C)=O)CC[C@]4(C)[C@H]3CC[C@]12C)C(C)C. The van der Waals surface area contributed by atoms with Gasteiger partial charge in [0, 0.05) is 26.2 Å². The largest absolute Gasteiger partial charge is 0.462 e. The van der Waals surface area contributed by atoms with E-state index in [9.17, 15) is 14.4 Å². The Bertz CT molecular complexity index is 905. The Morgan fingerprint density at radius 1 is 0.972 bits per heavy atom. The van der Waals surface area contributed by atoms with Crippen molar-refractivity contribution in [2.24, 2.45) is 46.3 Å². The highest BCUT2D eigenvalue weighted by Gasteiger charge is 2.61. The summed E-state index contributed by atoms with van der Waals surface area (Å²) in [6.45, 7) is 14.5. The number of esters is 2. The van der Waals surface area contributed by atoms with E-state index in [0.29, 0.717) is 41.8 Å². The Balaban J connectivity index is 1.49. The number of carbonyl (C=O) groups is 3. The van der Waals surface area contributed by atoms with Gasteiger partial charge >= 0.3 is 11.9 Å². The van der Waals surface area contributed by atoms with E-state index in [0.717, 1.165) is 38.5 Å². The van der Waals surface area contributed by atoms with Gasteiger partial charge < -0.3 is 9.47 Å². The van der Waals surface area contributed by atoms with Crippen LogP contribution in [-0.2, 0) is 23.9 Å². The molecule has 202 valence electrons. The topological polar surface area (TPSA) is 69.7 Å². The van der Waals surface area contributed by atoms with Gasteiger partial charge in [0.05, 0.1) is 0 Å². The molecule has 5 heteroatoms. The van der Waals surface area contributed by atoms with Crippen LogP contribution in [0, 0.1) is 46.3 Å². The van der Waals surface area contributed by atoms with Gasteiger partial charge in [-0.3, -0.25) is 14.4 Å². The summed E-state index contributed by atoms with van der Waals surface area (Å²) in [7, 11) is 0. The van der Waals surface area contributed by atoms with E-state index < -0.39 is 0 Å². The molecule has 0 N–H and O–H groups in total. The van der Waals surface area contributed by atoms with Crippen LogP contribution in [0.25, 0.3) is 0 Å². The van der Waals surface area contributed by atoms with Gasteiger partial charge in [0.25, 0.3) is 0 Å². The summed E-state index contributed by atoms with van der Waals surface area (Å²) >= 11 is 0. The molecule has 0 spiro atoms. The highest BCUT2D eigenvalue weighted by Crippen LogP contribution is 2.66. The predicted octanol–water partition coefficient (Wildman–Crippen LogP) is 6.68. The van der Waals surface area contributed by atoms with E-state index in [4.69, 9.17) is 9.47 Å². The first-order valence-electron chi connectivity index (χ1n) is 14.5. The van der Waals surface area contributed by atoms with Crippen molar-refractivity contribution >= 4 is 17.7 Å². The zero-order valence-corrected chi connectivity index (χ0v) is 23.6. The Labute approximate surface area is 218 Å². The van der Waals surface area contributed by atoms with Gasteiger partial charge in [-0.05, 0) is 97.9 Å². The van der Waals surface area contributed by atoms with Gasteiger partial charge in [0.1, 0.15) is 12.2 Å². The zero-order valence-electron chi connectivity index (χ0n) is 23.6. The fraction of sp³-hybridized carbons (Fsp3) is 0.839. The lowest BCUT2D eigenvalue weighted by Gasteiger charge is -2.57. The van der Waals surface area contributed by atoms with Gasteiger partial charge in [0.15, 0.2) is 5.78 Å². The third-order valence-electron chi connectivity index (χ3n) is 11.0. The molecule has 36 heavy (non-hydrogen) atoms. The van der Waals surface area contributed by atoms with Crippen LogP contribution in [-0.4, -0.2) is 29.9 Å². The third-order valence-corrected chi connectivity index (χ3v) is 11.0. The molecule has 4 rings (SSSR count). The number of hydrogen-bond donors (Lipinski definition) is 0. The van der Waals surface area contributed by atoms with Crippen molar-refractivity contribution in [3.63, 3.8) is 0 Å². The minimum Gasteiger partial charge on any atom is -0.462 e. The van der Waals surface area contributed by atoms with Gasteiger partial charge in [-0.1, -0.05) is 40.2 Å². The zero-order chi connectivity index (χ0) is 26.4. The lowest BCUT2D eigenvalue weighted by molar-refractivity contribution is -0.150. The number of hydrogen-bond acceptors (Lipinski definition) is 5. The molecular weight excluding hydrogens is 452 g/mol. The molecule has 0 aromatic heterocycles. The highest BCUT2D eigenvalue weighted by molar-refractivity contribution is 5.94. The van der Waals surface area contributed by atoms with Crippen LogP contribution in [0.4, 0.5) is 0 Å². The normalized spacial score (nSPS) is 39.4. The lowest BCUT2D eigenvalue weighted by Crippen LogP contribution is -2.53. The van der Waals surface area contributed by atoms with Crippen LogP contribution in [0.1, 0.15) is 106 Å². The summed E-state index contributed by atoms with van der Waals surface area (Å²) in [6, 6.07) is 0. The average Bonchev–Trinajstić information content (AvgIpc) is 3.14. The average molecular weight is 501 g/mol. The Kier molecular flexibility index (Phi) is 7.80. The molecule has 0 aliphatic heterocycles. The molecule has 4 aliphatic carbocycles. The van der Waals surface area contributed by atoms with Crippen molar-refractivity contribution in [2.75, 3.05) is 0 Å². The molecule has 9 atom stereocenters. The quantitative estimate of drug-likeness (QED) is 0.365. The van der Waals surface area contributed by atoms with Crippen molar-refractivity contribution in [3.05, 3.63) is 11.6 Å². The Morgan fingerprint density at radius 3 is 2.33 bits per heavy atom. The maximum atomic E-state index is 13.7. The van der Waals surface area contributed by atoms with Crippen molar-refractivity contribution in [1.82, 2.24) is 0 Å². The second kappa shape index (κ2) is 10.3. The maximum Gasteiger partial charge on any atom is 0.302 e.